The fourth-order valence-electron chi connectivity index (χ4n) is 0.149. The van der Waals surface area contributed by atoms with Crippen molar-refractivity contribution in [2.24, 2.45) is 0 Å². The second-order valence-corrected chi connectivity index (χ2v) is 1.93. The summed E-state index contributed by atoms with van der Waals surface area (Å²) in [6.07, 6.45) is 0. The van der Waals surface area contributed by atoms with Crippen LogP contribution in [-0.2, 0) is 14.6 Å². The maximum Gasteiger partial charge on any atom is 2.00 e. The SMILES string of the molecule is CCOS(=O)(=O)O.[H-].[H-].[Mg+2]. The molecule has 0 saturated carbocycles. The summed E-state index contributed by atoms with van der Waals surface area (Å²) in [5.74, 6) is 0. The Morgan fingerprint density at radius 2 is 2.12 bits per heavy atom. The normalized spacial score (nSPS) is 10.2. The zero-order valence-electron chi connectivity index (χ0n) is 6.49. The Morgan fingerprint density at radius 1 is 1.75 bits per heavy atom. The van der Waals surface area contributed by atoms with Crippen molar-refractivity contribution in [3.8, 4) is 0 Å². The molecule has 1 N–H and O–H groups in total. The molecule has 0 aliphatic rings. The van der Waals surface area contributed by atoms with E-state index in [9.17, 15) is 8.42 Å². The molecule has 0 amide bonds. The molecule has 6 heteroatoms. The molecule has 0 heterocycles. The van der Waals surface area contributed by atoms with E-state index in [0.29, 0.717) is 0 Å². The van der Waals surface area contributed by atoms with Gasteiger partial charge in [-0.15, -0.1) is 0 Å². The Kier molecular flexibility index (Phi) is 6.45. The second-order valence-electron chi connectivity index (χ2n) is 0.834. The van der Waals surface area contributed by atoms with E-state index in [2.05, 4.69) is 4.18 Å². The molecule has 8 heavy (non-hydrogen) atoms. The molecule has 4 nitrogen and oxygen atoms in total. The summed E-state index contributed by atoms with van der Waals surface area (Å²) in [5, 5.41) is 0. The van der Waals surface area contributed by atoms with Gasteiger partial charge in [0.2, 0.25) is 0 Å². The van der Waals surface area contributed by atoms with E-state index < -0.39 is 10.4 Å². The van der Waals surface area contributed by atoms with E-state index in [-0.39, 0.29) is 32.5 Å². The summed E-state index contributed by atoms with van der Waals surface area (Å²) >= 11 is 0. The molecule has 0 rings (SSSR count). The molecule has 0 aliphatic carbocycles. The minimum absolute atomic E-state index is 0. The predicted octanol–water partition coefficient (Wildman–Crippen LogP) is -0.330. The largest absolute Gasteiger partial charge is 2.00 e. The third-order valence-corrected chi connectivity index (χ3v) is 0.800. The van der Waals surface area contributed by atoms with Crippen molar-refractivity contribution >= 4 is 33.5 Å². The van der Waals surface area contributed by atoms with Crippen LogP contribution in [0.2, 0.25) is 0 Å². The number of hydrogen-bond acceptors (Lipinski definition) is 3. The van der Waals surface area contributed by atoms with Crippen LogP contribution in [0.3, 0.4) is 0 Å². The van der Waals surface area contributed by atoms with Crippen LogP contribution < -0.4 is 0 Å². The maximum absolute atomic E-state index is 9.56. The van der Waals surface area contributed by atoms with E-state index in [0.717, 1.165) is 0 Å². The Morgan fingerprint density at radius 3 is 2.12 bits per heavy atom. The first-order chi connectivity index (χ1) is 3.06. The van der Waals surface area contributed by atoms with Gasteiger partial charge in [-0.25, -0.2) is 4.18 Å². The average Bonchev–Trinajstić information content (AvgIpc) is 1.30. The average molecular weight is 152 g/mol. The van der Waals surface area contributed by atoms with Crippen molar-refractivity contribution in [3.05, 3.63) is 0 Å². The third kappa shape index (κ3) is 9.81. The summed E-state index contributed by atoms with van der Waals surface area (Å²) in [4.78, 5) is 0. The molecule has 0 aromatic carbocycles. The van der Waals surface area contributed by atoms with Crippen LogP contribution in [0, 0.1) is 0 Å². The number of hydrogen-bond donors (Lipinski definition) is 1. The topological polar surface area (TPSA) is 63.6 Å². The van der Waals surface area contributed by atoms with Gasteiger partial charge in [0, 0.05) is 0 Å². The van der Waals surface area contributed by atoms with E-state index in [1.54, 1.807) is 0 Å². The molecule has 0 radical (unpaired) electrons. The molecular weight excluding hydrogens is 144 g/mol. The minimum atomic E-state index is -4.17. The van der Waals surface area contributed by atoms with Gasteiger partial charge < -0.3 is 2.85 Å². The van der Waals surface area contributed by atoms with Gasteiger partial charge in [0.05, 0.1) is 6.61 Å². The fourth-order valence-corrected chi connectivity index (χ4v) is 0.447. The molecule has 0 aromatic heterocycles. The zero-order valence-corrected chi connectivity index (χ0v) is 6.73. The summed E-state index contributed by atoms with van der Waals surface area (Å²) in [7, 11) is -4.17. The van der Waals surface area contributed by atoms with Crippen molar-refractivity contribution in [2.75, 3.05) is 6.61 Å². The standard InChI is InChI=1S/C2H6O4S.Mg.2H/c1-2-6-7(3,4)5;;;/h2H2,1H3,(H,3,4,5);;;/q;+2;2*-1. The van der Waals surface area contributed by atoms with Gasteiger partial charge in [-0.1, -0.05) is 0 Å². The Labute approximate surface area is 67.3 Å². The van der Waals surface area contributed by atoms with Crippen molar-refractivity contribution in [1.82, 2.24) is 0 Å². The van der Waals surface area contributed by atoms with Crippen LogP contribution >= 0.6 is 0 Å². The van der Waals surface area contributed by atoms with E-state index in [1.807, 2.05) is 0 Å². The molecule has 0 fully saturated rings. The Hall–Kier alpha value is 0.636. The minimum Gasteiger partial charge on any atom is -1.00 e. The van der Waals surface area contributed by atoms with Crippen LogP contribution in [0.15, 0.2) is 0 Å². The molecule has 48 valence electrons. The first kappa shape index (κ1) is 11.4. The Balaban J connectivity index is -0.0000000600. The van der Waals surface area contributed by atoms with Crippen molar-refractivity contribution in [2.45, 2.75) is 6.92 Å². The van der Waals surface area contributed by atoms with E-state index in [4.69, 9.17) is 4.55 Å². The summed E-state index contributed by atoms with van der Waals surface area (Å²) in [6, 6.07) is 0. The second kappa shape index (κ2) is 4.51. The molecule has 0 atom stereocenters. The van der Waals surface area contributed by atoms with Crippen LogP contribution in [0.25, 0.3) is 0 Å². The zero-order chi connectivity index (χ0) is 5.91. The van der Waals surface area contributed by atoms with Gasteiger partial charge in [0.15, 0.2) is 0 Å². The molecule has 0 bridgehead atoms. The first-order valence-electron chi connectivity index (χ1n) is 1.68. The monoisotopic (exact) mass is 152 g/mol. The maximum atomic E-state index is 9.56. The summed E-state index contributed by atoms with van der Waals surface area (Å²) < 4.78 is 30.7. The summed E-state index contributed by atoms with van der Waals surface area (Å²) in [5.41, 5.74) is 0. The Bertz CT molecular complexity index is 134. The van der Waals surface area contributed by atoms with Crippen molar-refractivity contribution in [3.63, 3.8) is 0 Å². The third-order valence-electron chi connectivity index (χ3n) is 0.267. The predicted molar refractivity (Wildman–Crippen MR) is 31.2 cm³/mol. The van der Waals surface area contributed by atoms with E-state index >= 15 is 0 Å². The molecular formula is C2H8MgO4S. The van der Waals surface area contributed by atoms with Gasteiger partial charge >= 0.3 is 33.5 Å². The summed E-state index contributed by atoms with van der Waals surface area (Å²) in [6.45, 7) is 1.44. The quantitative estimate of drug-likeness (QED) is 0.435. The van der Waals surface area contributed by atoms with Gasteiger partial charge in [0.1, 0.15) is 0 Å². The molecule has 0 aromatic rings. The van der Waals surface area contributed by atoms with Crippen LogP contribution in [0.1, 0.15) is 9.78 Å². The van der Waals surface area contributed by atoms with Crippen LogP contribution in [0.5, 0.6) is 0 Å². The van der Waals surface area contributed by atoms with Gasteiger partial charge in [0.25, 0.3) is 0 Å². The fraction of sp³-hybridized carbons (Fsp3) is 1.00. The smallest absolute Gasteiger partial charge is 1.00 e. The van der Waals surface area contributed by atoms with Crippen LogP contribution in [-0.4, -0.2) is 42.6 Å². The molecule has 0 spiro atoms. The van der Waals surface area contributed by atoms with Crippen molar-refractivity contribution in [1.29, 1.82) is 0 Å². The molecule has 0 aliphatic heterocycles. The van der Waals surface area contributed by atoms with Crippen molar-refractivity contribution < 1.29 is 20.0 Å². The molecule has 0 saturated heterocycles. The first-order valence-corrected chi connectivity index (χ1v) is 3.04. The molecule has 0 unspecified atom stereocenters. The van der Waals surface area contributed by atoms with Gasteiger partial charge in [-0.2, -0.15) is 8.42 Å². The van der Waals surface area contributed by atoms with Gasteiger partial charge in [-0.3, -0.25) is 4.55 Å². The number of rotatable bonds is 2. The van der Waals surface area contributed by atoms with E-state index in [1.165, 1.54) is 6.92 Å². The van der Waals surface area contributed by atoms with Gasteiger partial charge in [-0.05, 0) is 6.92 Å². The van der Waals surface area contributed by atoms with Crippen LogP contribution in [0.4, 0.5) is 0 Å².